The van der Waals surface area contributed by atoms with Crippen LogP contribution in [-0.2, 0) is 26.3 Å². The average molecular weight is 381 g/mol. The number of halogens is 2. The second-order valence-electron chi connectivity index (χ2n) is 4.68. The fourth-order valence-corrected chi connectivity index (χ4v) is 1.59. The number of aromatic hydroxyl groups is 1. The summed E-state index contributed by atoms with van der Waals surface area (Å²) in [7, 11) is 9.87. The van der Waals surface area contributed by atoms with Crippen molar-refractivity contribution in [1.29, 1.82) is 0 Å². The SMILES string of the molecule is CCN=Cc1cccc(C(C)(C)CC)c1O.[Cl][Zr][Cl]. The maximum atomic E-state index is 10.2. The molecule has 1 N–H and O–H groups in total. The first kappa shape index (κ1) is 19.2. The third-order valence-electron chi connectivity index (χ3n) is 3.09. The zero-order valence-electron chi connectivity index (χ0n) is 11.9. The topological polar surface area (TPSA) is 32.6 Å². The van der Waals surface area contributed by atoms with E-state index in [-0.39, 0.29) is 5.41 Å². The number of nitrogens with zero attached hydrogens (tertiary/aromatic N) is 1. The van der Waals surface area contributed by atoms with E-state index in [0.29, 0.717) is 5.75 Å². The third-order valence-corrected chi connectivity index (χ3v) is 3.09. The Morgan fingerprint density at radius 2 is 1.89 bits per heavy atom. The van der Waals surface area contributed by atoms with E-state index in [1.807, 2.05) is 25.1 Å². The van der Waals surface area contributed by atoms with Crippen molar-refractivity contribution in [1.82, 2.24) is 0 Å². The van der Waals surface area contributed by atoms with Crippen molar-refractivity contribution in [3.8, 4) is 5.75 Å². The van der Waals surface area contributed by atoms with E-state index in [1.165, 1.54) is 0 Å². The Balaban J connectivity index is 0.000000982. The quantitative estimate of drug-likeness (QED) is 0.740. The van der Waals surface area contributed by atoms with Gasteiger partial charge in [0.1, 0.15) is 5.75 Å². The third kappa shape index (κ3) is 6.42. The molecule has 1 aromatic carbocycles. The van der Waals surface area contributed by atoms with Crippen molar-refractivity contribution < 1.29 is 26.0 Å². The molecule has 0 fully saturated rings. The number of benzene rings is 1. The van der Waals surface area contributed by atoms with Gasteiger partial charge in [0, 0.05) is 23.9 Å². The first-order valence-electron chi connectivity index (χ1n) is 6.23. The Labute approximate surface area is 134 Å². The molecule has 0 aliphatic heterocycles. The fourth-order valence-electron chi connectivity index (χ4n) is 1.59. The summed E-state index contributed by atoms with van der Waals surface area (Å²) in [6, 6.07) is 5.86. The summed E-state index contributed by atoms with van der Waals surface area (Å²) in [5.41, 5.74) is 1.80. The van der Waals surface area contributed by atoms with Crippen LogP contribution in [0.25, 0.3) is 0 Å². The average Bonchev–Trinajstić information content (AvgIpc) is 2.38. The van der Waals surface area contributed by atoms with Crippen LogP contribution in [0.2, 0.25) is 0 Å². The van der Waals surface area contributed by atoms with Crippen LogP contribution in [0, 0.1) is 0 Å². The van der Waals surface area contributed by atoms with E-state index < -0.39 is 20.8 Å². The molecule has 5 heteroatoms. The van der Waals surface area contributed by atoms with Crippen LogP contribution in [0.15, 0.2) is 23.2 Å². The molecular formula is C14H21Cl2NOZr. The summed E-state index contributed by atoms with van der Waals surface area (Å²) in [5, 5.41) is 10.2. The van der Waals surface area contributed by atoms with E-state index in [9.17, 15) is 5.11 Å². The van der Waals surface area contributed by atoms with E-state index in [1.54, 1.807) is 6.21 Å². The van der Waals surface area contributed by atoms with Crippen LogP contribution >= 0.6 is 17.0 Å². The van der Waals surface area contributed by atoms with Crippen molar-refractivity contribution in [2.75, 3.05) is 6.54 Å². The molecule has 0 aromatic heterocycles. The summed E-state index contributed by atoms with van der Waals surface area (Å²) in [4.78, 5) is 4.17. The molecule has 0 amide bonds. The maximum absolute atomic E-state index is 10.2. The van der Waals surface area contributed by atoms with Crippen LogP contribution in [0.5, 0.6) is 5.75 Å². The van der Waals surface area contributed by atoms with Crippen LogP contribution < -0.4 is 0 Å². The predicted molar refractivity (Wildman–Crippen MR) is 81.3 cm³/mol. The molecule has 106 valence electrons. The van der Waals surface area contributed by atoms with E-state index >= 15 is 0 Å². The summed E-state index contributed by atoms with van der Waals surface area (Å²) in [6.07, 6.45) is 2.74. The molecule has 0 aliphatic rings. The summed E-state index contributed by atoms with van der Waals surface area (Å²) in [6.45, 7) is 9.13. The molecular weight excluding hydrogens is 360 g/mol. The molecule has 0 spiro atoms. The molecule has 0 radical (unpaired) electrons. The zero-order chi connectivity index (χ0) is 14.9. The van der Waals surface area contributed by atoms with Gasteiger partial charge >= 0.3 is 37.9 Å². The number of para-hydroxylation sites is 1. The standard InChI is InChI=1S/C14H21NO.2ClH.Zr/c1-5-14(3,4)12-9-7-8-11(13(12)16)10-15-6-2;;;/h7-10,16H,5-6H2,1-4H3;2*1H;/q;;;+2/p-2. The minimum absolute atomic E-state index is 0.000147. The van der Waals surface area contributed by atoms with Gasteiger partial charge in [-0.25, -0.2) is 0 Å². The number of hydrogen-bond acceptors (Lipinski definition) is 2. The number of phenolic OH excluding ortho intramolecular Hbond substituents is 1. The van der Waals surface area contributed by atoms with Gasteiger partial charge in [-0.2, -0.15) is 0 Å². The molecule has 0 heterocycles. The molecule has 0 aliphatic carbocycles. The van der Waals surface area contributed by atoms with Gasteiger partial charge in [-0.3, -0.25) is 4.99 Å². The van der Waals surface area contributed by atoms with Crippen molar-refractivity contribution >= 4 is 23.2 Å². The molecule has 0 unspecified atom stereocenters. The van der Waals surface area contributed by atoms with Gasteiger partial charge in [0.05, 0.1) is 0 Å². The summed E-state index contributed by atoms with van der Waals surface area (Å²) >= 11 is -0.826. The van der Waals surface area contributed by atoms with Crippen LogP contribution in [0.3, 0.4) is 0 Å². The van der Waals surface area contributed by atoms with Crippen molar-refractivity contribution in [2.24, 2.45) is 4.99 Å². The summed E-state index contributed by atoms with van der Waals surface area (Å²) < 4.78 is 0. The number of rotatable bonds is 4. The van der Waals surface area contributed by atoms with Gasteiger partial charge in [-0.15, -0.1) is 0 Å². The van der Waals surface area contributed by atoms with Gasteiger partial charge in [-0.1, -0.05) is 32.9 Å². The second kappa shape index (κ2) is 9.96. The first-order valence-corrected chi connectivity index (χ1v) is 12.6. The molecule has 1 aromatic rings. The minimum atomic E-state index is -0.826. The van der Waals surface area contributed by atoms with Crippen molar-refractivity contribution in [2.45, 2.75) is 39.5 Å². The monoisotopic (exact) mass is 379 g/mol. The van der Waals surface area contributed by atoms with Crippen molar-refractivity contribution in [3.05, 3.63) is 29.3 Å². The molecule has 1 rings (SSSR count). The molecule has 2 nitrogen and oxygen atoms in total. The van der Waals surface area contributed by atoms with E-state index in [4.69, 9.17) is 17.0 Å². The predicted octanol–water partition coefficient (Wildman–Crippen LogP) is 4.90. The van der Waals surface area contributed by atoms with Gasteiger partial charge in [-0.05, 0) is 24.8 Å². The van der Waals surface area contributed by atoms with Gasteiger partial charge < -0.3 is 5.11 Å². The fraction of sp³-hybridized carbons (Fsp3) is 0.500. The molecule has 0 saturated heterocycles. The van der Waals surface area contributed by atoms with Crippen LogP contribution in [0.1, 0.15) is 45.2 Å². The second-order valence-corrected chi connectivity index (χ2v) is 8.41. The Morgan fingerprint density at radius 1 is 1.32 bits per heavy atom. The number of hydrogen-bond donors (Lipinski definition) is 1. The Bertz CT molecular complexity index is 408. The van der Waals surface area contributed by atoms with Gasteiger partial charge in [0.2, 0.25) is 0 Å². The molecule has 19 heavy (non-hydrogen) atoms. The van der Waals surface area contributed by atoms with E-state index in [0.717, 1.165) is 24.1 Å². The Kier molecular flexibility index (Phi) is 10.0. The molecule has 0 atom stereocenters. The number of phenols is 1. The zero-order valence-corrected chi connectivity index (χ0v) is 15.8. The Morgan fingerprint density at radius 3 is 2.37 bits per heavy atom. The van der Waals surface area contributed by atoms with Gasteiger partial charge in [0.25, 0.3) is 0 Å². The normalized spacial score (nSPS) is 11.1. The Hall–Kier alpha value is 0.153. The first-order chi connectivity index (χ1) is 8.94. The molecule has 0 saturated carbocycles. The number of aliphatic imine (C=N–C) groups is 1. The van der Waals surface area contributed by atoms with Crippen molar-refractivity contribution in [3.63, 3.8) is 0 Å². The van der Waals surface area contributed by atoms with Crippen LogP contribution in [-0.4, -0.2) is 17.9 Å². The molecule has 0 bridgehead atoms. The van der Waals surface area contributed by atoms with E-state index in [2.05, 4.69) is 25.8 Å². The van der Waals surface area contributed by atoms with Crippen LogP contribution in [0.4, 0.5) is 0 Å². The van der Waals surface area contributed by atoms with Gasteiger partial charge in [0.15, 0.2) is 0 Å². The summed E-state index contributed by atoms with van der Waals surface area (Å²) in [5.74, 6) is 0.367.